The molecule has 1 amide bonds. The van der Waals surface area contributed by atoms with Crippen molar-refractivity contribution < 1.29 is 18.7 Å². The van der Waals surface area contributed by atoms with E-state index in [0.29, 0.717) is 18.7 Å². The fraction of sp³-hybridized carbons (Fsp3) is 0.350. The summed E-state index contributed by atoms with van der Waals surface area (Å²) in [7, 11) is 3.31. The van der Waals surface area contributed by atoms with Crippen molar-refractivity contribution in [1.29, 1.82) is 0 Å². The number of ether oxygens (including phenoxy) is 2. The van der Waals surface area contributed by atoms with Crippen LogP contribution in [-0.2, 0) is 6.42 Å². The summed E-state index contributed by atoms with van der Waals surface area (Å²) in [5, 5.41) is 0. The third-order valence-corrected chi connectivity index (χ3v) is 4.24. The molecule has 0 saturated carbocycles. The Balaban J connectivity index is 2.19. The van der Waals surface area contributed by atoms with Gasteiger partial charge in [-0.05, 0) is 43.2 Å². The predicted molar refractivity (Wildman–Crippen MR) is 99.2 cm³/mol. The number of amides is 1. The summed E-state index contributed by atoms with van der Waals surface area (Å²) in [4.78, 5) is 14.5. The van der Waals surface area contributed by atoms with Crippen LogP contribution in [0.2, 0.25) is 0 Å². The number of halogens is 1. The first-order valence-electron chi connectivity index (χ1n) is 8.49. The number of rotatable bonds is 8. The number of carbonyl (C=O) groups is 1. The standard InChI is InChI=1S/C20H25FN2O3/c1-14(12-15-6-4-5-7-18(15)25-3)23(2)20(24)17-13-16(21)8-9-19(17)26-11-10-22/h4-9,13-14H,10-12,22H2,1-3H3. The van der Waals surface area contributed by atoms with Crippen molar-refractivity contribution in [3.8, 4) is 11.5 Å². The van der Waals surface area contributed by atoms with E-state index in [1.807, 2.05) is 31.2 Å². The summed E-state index contributed by atoms with van der Waals surface area (Å²) in [5.41, 5.74) is 6.64. The van der Waals surface area contributed by atoms with Gasteiger partial charge in [-0.25, -0.2) is 4.39 Å². The minimum atomic E-state index is -0.487. The second-order valence-electron chi connectivity index (χ2n) is 6.06. The molecule has 2 rings (SSSR count). The second-order valence-corrected chi connectivity index (χ2v) is 6.06. The smallest absolute Gasteiger partial charge is 0.257 e. The topological polar surface area (TPSA) is 64.8 Å². The SMILES string of the molecule is COc1ccccc1CC(C)N(C)C(=O)c1cc(F)ccc1OCCN. The molecule has 140 valence electrons. The number of likely N-dealkylation sites (N-methyl/N-ethyl adjacent to an activating group) is 1. The molecule has 0 aliphatic carbocycles. The van der Waals surface area contributed by atoms with Crippen LogP contribution >= 0.6 is 0 Å². The number of hydrogen-bond donors (Lipinski definition) is 1. The normalized spacial score (nSPS) is 11.7. The van der Waals surface area contributed by atoms with E-state index in [2.05, 4.69) is 0 Å². The van der Waals surface area contributed by atoms with Crippen molar-refractivity contribution in [3.63, 3.8) is 0 Å². The lowest BCUT2D eigenvalue weighted by atomic mass is 10.0. The molecular formula is C20H25FN2O3. The van der Waals surface area contributed by atoms with E-state index in [1.54, 1.807) is 19.1 Å². The van der Waals surface area contributed by atoms with Gasteiger partial charge in [0.2, 0.25) is 0 Å². The predicted octanol–water partition coefficient (Wildman–Crippen LogP) is 2.88. The Morgan fingerprint density at radius 2 is 1.96 bits per heavy atom. The summed E-state index contributed by atoms with van der Waals surface area (Å²) in [5.74, 6) is 0.314. The minimum Gasteiger partial charge on any atom is -0.496 e. The van der Waals surface area contributed by atoms with Gasteiger partial charge in [-0.15, -0.1) is 0 Å². The number of methoxy groups -OCH3 is 1. The van der Waals surface area contributed by atoms with E-state index in [9.17, 15) is 9.18 Å². The molecule has 0 aromatic heterocycles. The highest BCUT2D eigenvalue weighted by Crippen LogP contribution is 2.24. The molecule has 0 spiro atoms. The Morgan fingerprint density at radius 3 is 2.65 bits per heavy atom. The Bertz CT molecular complexity index is 752. The van der Waals surface area contributed by atoms with Gasteiger partial charge in [0.25, 0.3) is 5.91 Å². The highest BCUT2D eigenvalue weighted by Gasteiger charge is 2.22. The third-order valence-electron chi connectivity index (χ3n) is 4.24. The van der Waals surface area contributed by atoms with Gasteiger partial charge in [0.15, 0.2) is 0 Å². The highest BCUT2D eigenvalue weighted by atomic mass is 19.1. The summed E-state index contributed by atoms with van der Waals surface area (Å²) in [6.45, 7) is 2.50. The Labute approximate surface area is 153 Å². The van der Waals surface area contributed by atoms with Gasteiger partial charge in [-0.2, -0.15) is 0 Å². The first-order valence-corrected chi connectivity index (χ1v) is 8.49. The average molecular weight is 360 g/mol. The summed E-state index contributed by atoms with van der Waals surface area (Å²) >= 11 is 0. The van der Waals surface area contributed by atoms with Gasteiger partial charge in [0, 0.05) is 19.6 Å². The molecule has 0 aliphatic heterocycles. The van der Waals surface area contributed by atoms with Crippen LogP contribution in [0.4, 0.5) is 4.39 Å². The lowest BCUT2D eigenvalue weighted by molar-refractivity contribution is 0.0738. The molecule has 0 radical (unpaired) electrons. The highest BCUT2D eigenvalue weighted by molar-refractivity contribution is 5.97. The molecule has 26 heavy (non-hydrogen) atoms. The van der Waals surface area contributed by atoms with Gasteiger partial charge in [-0.3, -0.25) is 4.79 Å². The van der Waals surface area contributed by atoms with Gasteiger partial charge < -0.3 is 20.1 Å². The van der Waals surface area contributed by atoms with Crippen LogP contribution in [0.5, 0.6) is 11.5 Å². The van der Waals surface area contributed by atoms with Crippen LogP contribution in [0, 0.1) is 5.82 Å². The Kier molecular flexibility index (Phi) is 6.97. The molecule has 0 aliphatic rings. The summed E-state index contributed by atoms with van der Waals surface area (Å²) < 4.78 is 24.5. The van der Waals surface area contributed by atoms with Gasteiger partial charge in [-0.1, -0.05) is 18.2 Å². The van der Waals surface area contributed by atoms with Crippen molar-refractivity contribution in [2.45, 2.75) is 19.4 Å². The first-order chi connectivity index (χ1) is 12.5. The van der Waals surface area contributed by atoms with Crippen LogP contribution in [0.25, 0.3) is 0 Å². The van der Waals surface area contributed by atoms with E-state index in [-0.39, 0.29) is 24.1 Å². The lowest BCUT2D eigenvalue weighted by Gasteiger charge is -2.26. The van der Waals surface area contributed by atoms with E-state index in [1.165, 1.54) is 18.2 Å². The molecule has 2 N–H and O–H groups in total. The maximum absolute atomic E-state index is 13.7. The molecule has 5 nitrogen and oxygen atoms in total. The van der Waals surface area contributed by atoms with Crippen LogP contribution in [0.1, 0.15) is 22.8 Å². The monoisotopic (exact) mass is 360 g/mol. The fourth-order valence-corrected chi connectivity index (χ4v) is 2.68. The number of nitrogens with two attached hydrogens (primary N) is 1. The molecule has 1 atom stereocenters. The van der Waals surface area contributed by atoms with Gasteiger partial charge >= 0.3 is 0 Å². The summed E-state index contributed by atoms with van der Waals surface area (Å²) in [6, 6.07) is 11.5. The molecule has 0 heterocycles. The van der Waals surface area contributed by atoms with Crippen LogP contribution in [0.3, 0.4) is 0 Å². The fourth-order valence-electron chi connectivity index (χ4n) is 2.68. The second kappa shape index (κ2) is 9.20. The molecule has 2 aromatic rings. The third kappa shape index (κ3) is 4.73. The lowest BCUT2D eigenvalue weighted by Crippen LogP contribution is -2.36. The summed E-state index contributed by atoms with van der Waals surface area (Å²) in [6.07, 6.45) is 0.612. The Hall–Kier alpha value is -2.60. The van der Waals surface area contributed by atoms with Crippen molar-refractivity contribution in [2.75, 3.05) is 27.3 Å². The van der Waals surface area contributed by atoms with Crippen molar-refractivity contribution >= 4 is 5.91 Å². The van der Waals surface area contributed by atoms with Crippen molar-refractivity contribution in [3.05, 3.63) is 59.4 Å². The Morgan fingerprint density at radius 1 is 1.23 bits per heavy atom. The van der Waals surface area contributed by atoms with Crippen molar-refractivity contribution in [2.24, 2.45) is 5.73 Å². The van der Waals surface area contributed by atoms with Crippen LogP contribution < -0.4 is 15.2 Å². The number of nitrogens with zero attached hydrogens (tertiary/aromatic N) is 1. The number of benzene rings is 2. The first kappa shape index (κ1) is 19.7. The van der Waals surface area contributed by atoms with E-state index < -0.39 is 5.82 Å². The van der Waals surface area contributed by atoms with Gasteiger partial charge in [0.05, 0.1) is 12.7 Å². The molecular weight excluding hydrogens is 335 g/mol. The van der Waals surface area contributed by atoms with E-state index >= 15 is 0 Å². The maximum atomic E-state index is 13.7. The molecule has 0 bridgehead atoms. The number of carbonyl (C=O) groups excluding carboxylic acids is 1. The zero-order valence-corrected chi connectivity index (χ0v) is 15.4. The largest absolute Gasteiger partial charge is 0.496 e. The molecule has 0 fully saturated rings. The molecule has 2 aromatic carbocycles. The van der Waals surface area contributed by atoms with E-state index in [0.717, 1.165) is 11.3 Å². The number of hydrogen-bond acceptors (Lipinski definition) is 4. The maximum Gasteiger partial charge on any atom is 0.257 e. The zero-order chi connectivity index (χ0) is 19.1. The van der Waals surface area contributed by atoms with Gasteiger partial charge in [0.1, 0.15) is 23.9 Å². The van der Waals surface area contributed by atoms with E-state index in [4.69, 9.17) is 15.2 Å². The molecule has 0 saturated heterocycles. The van der Waals surface area contributed by atoms with Crippen LogP contribution in [-0.4, -0.2) is 44.2 Å². The average Bonchev–Trinajstić information content (AvgIpc) is 2.66. The van der Waals surface area contributed by atoms with Crippen molar-refractivity contribution in [1.82, 2.24) is 4.90 Å². The molecule has 1 unspecified atom stereocenters. The zero-order valence-electron chi connectivity index (χ0n) is 15.4. The molecule has 6 heteroatoms. The minimum absolute atomic E-state index is 0.121. The van der Waals surface area contributed by atoms with Crippen LogP contribution in [0.15, 0.2) is 42.5 Å². The quantitative estimate of drug-likeness (QED) is 0.786. The number of para-hydroxylation sites is 1.